The summed E-state index contributed by atoms with van der Waals surface area (Å²) < 4.78 is 0. The molecular weight excluding hydrogens is 300 g/mol. The largest absolute Gasteiger partial charge is 0.341 e. The van der Waals surface area contributed by atoms with Crippen LogP contribution < -0.4 is 10.2 Å². The number of benzene rings is 1. The fourth-order valence-electron chi connectivity index (χ4n) is 3.12. The molecule has 0 saturated carbocycles. The molecule has 2 heterocycles. The molecule has 1 fully saturated rings. The molecule has 0 spiro atoms. The molecule has 24 heavy (non-hydrogen) atoms. The summed E-state index contributed by atoms with van der Waals surface area (Å²) >= 11 is 0. The van der Waals surface area contributed by atoms with Crippen molar-refractivity contribution in [1.82, 2.24) is 9.97 Å². The molecule has 5 heteroatoms. The number of piperidine rings is 1. The number of carbonyl (C=O) groups is 1. The first-order valence-electron chi connectivity index (χ1n) is 8.45. The van der Waals surface area contributed by atoms with E-state index in [4.69, 9.17) is 0 Å². The average Bonchev–Trinajstić information content (AvgIpc) is 2.57. The summed E-state index contributed by atoms with van der Waals surface area (Å²) in [5.41, 5.74) is 4.19. The van der Waals surface area contributed by atoms with Gasteiger partial charge in [0.1, 0.15) is 0 Å². The van der Waals surface area contributed by atoms with Gasteiger partial charge in [-0.1, -0.05) is 17.7 Å². The summed E-state index contributed by atoms with van der Waals surface area (Å²) in [5.74, 6) is 0.932. The number of aromatic nitrogens is 2. The molecule has 1 aromatic heterocycles. The third kappa shape index (κ3) is 3.72. The minimum atomic E-state index is 0.0479. The van der Waals surface area contributed by atoms with Gasteiger partial charge < -0.3 is 10.2 Å². The molecule has 0 aliphatic carbocycles. The van der Waals surface area contributed by atoms with Crippen LogP contribution in [0.15, 0.2) is 30.5 Å². The maximum Gasteiger partial charge on any atom is 0.227 e. The molecule has 0 radical (unpaired) electrons. The van der Waals surface area contributed by atoms with Crippen LogP contribution in [0.5, 0.6) is 0 Å². The monoisotopic (exact) mass is 324 g/mol. The standard InChI is InChI=1S/C19H24N4O/c1-13-4-5-17(14(2)12-13)22-18(24)16-7-10-23(11-8-16)19-20-9-6-15(3)21-19/h4-6,9,12,16H,7-8,10-11H2,1-3H3,(H,22,24). The minimum Gasteiger partial charge on any atom is -0.341 e. The highest BCUT2D eigenvalue weighted by Crippen LogP contribution is 2.23. The van der Waals surface area contributed by atoms with Gasteiger partial charge >= 0.3 is 0 Å². The van der Waals surface area contributed by atoms with Gasteiger partial charge in [-0.2, -0.15) is 0 Å². The van der Waals surface area contributed by atoms with E-state index in [2.05, 4.69) is 33.2 Å². The molecule has 1 saturated heterocycles. The van der Waals surface area contributed by atoms with E-state index < -0.39 is 0 Å². The Balaban J connectivity index is 1.59. The normalized spacial score (nSPS) is 15.4. The molecular formula is C19H24N4O. The van der Waals surface area contributed by atoms with Crippen molar-refractivity contribution in [2.45, 2.75) is 33.6 Å². The van der Waals surface area contributed by atoms with E-state index in [9.17, 15) is 4.79 Å². The first-order valence-corrected chi connectivity index (χ1v) is 8.45. The maximum atomic E-state index is 12.5. The second-order valence-corrected chi connectivity index (χ2v) is 6.57. The molecule has 0 bridgehead atoms. The van der Waals surface area contributed by atoms with Crippen molar-refractivity contribution in [3.8, 4) is 0 Å². The van der Waals surface area contributed by atoms with Gasteiger partial charge in [-0.3, -0.25) is 4.79 Å². The molecule has 0 unspecified atom stereocenters. The van der Waals surface area contributed by atoms with Gasteiger partial charge in [-0.05, 0) is 51.3 Å². The number of anilines is 2. The number of carbonyl (C=O) groups excluding carboxylic acids is 1. The lowest BCUT2D eigenvalue weighted by atomic mass is 9.96. The lowest BCUT2D eigenvalue weighted by molar-refractivity contribution is -0.120. The summed E-state index contributed by atoms with van der Waals surface area (Å²) in [6, 6.07) is 8.00. The molecule has 1 aromatic carbocycles. The highest BCUT2D eigenvalue weighted by Gasteiger charge is 2.26. The zero-order valence-corrected chi connectivity index (χ0v) is 14.5. The number of rotatable bonds is 3. The fraction of sp³-hybridized carbons (Fsp3) is 0.421. The van der Waals surface area contributed by atoms with Crippen LogP contribution in [-0.2, 0) is 4.79 Å². The predicted octanol–water partition coefficient (Wildman–Crippen LogP) is 3.26. The first kappa shape index (κ1) is 16.4. The Bertz CT molecular complexity index is 736. The van der Waals surface area contributed by atoms with Crippen molar-refractivity contribution < 1.29 is 4.79 Å². The Kier molecular flexibility index (Phi) is 4.79. The van der Waals surface area contributed by atoms with Crippen LogP contribution in [0, 0.1) is 26.7 Å². The molecule has 126 valence electrons. The van der Waals surface area contributed by atoms with E-state index >= 15 is 0 Å². The Morgan fingerprint density at radius 2 is 1.92 bits per heavy atom. The van der Waals surface area contributed by atoms with Crippen LogP contribution in [0.1, 0.15) is 29.7 Å². The predicted molar refractivity (Wildman–Crippen MR) is 96.3 cm³/mol. The van der Waals surface area contributed by atoms with Crippen LogP contribution in [0.2, 0.25) is 0 Å². The van der Waals surface area contributed by atoms with Gasteiger partial charge in [-0.25, -0.2) is 9.97 Å². The Labute approximate surface area is 143 Å². The third-order valence-corrected chi connectivity index (χ3v) is 4.57. The number of hydrogen-bond acceptors (Lipinski definition) is 4. The lowest BCUT2D eigenvalue weighted by Crippen LogP contribution is -2.39. The molecule has 1 aliphatic rings. The Hall–Kier alpha value is -2.43. The number of hydrogen-bond donors (Lipinski definition) is 1. The molecule has 1 aliphatic heterocycles. The first-order chi connectivity index (χ1) is 11.5. The molecule has 1 N–H and O–H groups in total. The molecule has 2 aromatic rings. The minimum absolute atomic E-state index is 0.0479. The van der Waals surface area contributed by atoms with E-state index in [1.54, 1.807) is 6.20 Å². The van der Waals surface area contributed by atoms with Crippen molar-refractivity contribution >= 4 is 17.5 Å². The molecule has 0 atom stereocenters. The summed E-state index contributed by atoms with van der Waals surface area (Å²) in [6.45, 7) is 7.68. The molecule has 3 rings (SSSR count). The topological polar surface area (TPSA) is 58.1 Å². The van der Waals surface area contributed by atoms with Gasteiger partial charge in [0.2, 0.25) is 11.9 Å². The average molecular weight is 324 g/mol. The zero-order chi connectivity index (χ0) is 17.1. The lowest BCUT2D eigenvalue weighted by Gasteiger charge is -2.31. The van der Waals surface area contributed by atoms with Crippen molar-refractivity contribution in [1.29, 1.82) is 0 Å². The van der Waals surface area contributed by atoms with E-state index in [0.29, 0.717) is 0 Å². The van der Waals surface area contributed by atoms with Crippen LogP contribution in [0.25, 0.3) is 0 Å². The number of nitrogens with zero attached hydrogens (tertiary/aromatic N) is 3. The molecule has 5 nitrogen and oxygen atoms in total. The van der Waals surface area contributed by atoms with Gasteiger partial charge in [0.05, 0.1) is 0 Å². The highest BCUT2D eigenvalue weighted by atomic mass is 16.1. The summed E-state index contributed by atoms with van der Waals surface area (Å²) in [7, 11) is 0. The van der Waals surface area contributed by atoms with E-state index in [1.165, 1.54) is 5.56 Å². The SMILES string of the molecule is Cc1ccc(NC(=O)C2CCN(c3nccc(C)n3)CC2)c(C)c1. The van der Waals surface area contributed by atoms with Crippen LogP contribution in [-0.4, -0.2) is 29.0 Å². The van der Waals surface area contributed by atoms with Gasteiger partial charge in [0, 0.05) is 36.6 Å². The van der Waals surface area contributed by atoms with Crippen LogP contribution >= 0.6 is 0 Å². The number of amides is 1. The highest BCUT2D eigenvalue weighted by molar-refractivity contribution is 5.93. The second kappa shape index (κ2) is 6.99. The van der Waals surface area contributed by atoms with Crippen molar-refractivity contribution in [2.75, 3.05) is 23.3 Å². The molecule has 1 amide bonds. The summed E-state index contributed by atoms with van der Waals surface area (Å²) in [6.07, 6.45) is 3.44. The van der Waals surface area contributed by atoms with Crippen molar-refractivity contribution in [3.63, 3.8) is 0 Å². The van der Waals surface area contributed by atoms with E-state index in [1.807, 2.05) is 32.0 Å². The third-order valence-electron chi connectivity index (χ3n) is 4.57. The van der Waals surface area contributed by atoms with Crippen molar-refractivity contribution in [3.05, 3.63) is 47.3 Å². The smallest absolute Gasteiger partial charge is 0.227 e. The van der Waals surface area contributed by atoms with Gasteiger partial charge in [0.15, 0.2) is 0 Å². The van der Waals surface area contributed by atoms with Crippen molar-refractivity contribution in [2.24, 2.45) is 5.92 Å². The zero-order valence-electron chi connectivity index (χ0n) is 14.5. The second-order valence-electron chi connectivity index (χ2n) is 6.57. The Morgan fingerprint density at radius 3 is 2.58 bits per heavy atom. The Morgan fingerprint density at radius 1 is 1.17 bits per heavy atom. The quantitative estimate of drug-likeness (QED) is 0.941. The maximum absolute atomic E-state index is 12.5. The van der Waals surface area contributed by atoms with Gasteiger partial charge in [0.25, 0.3) is 0 Å². The van der Waals surface area contributed by atoms with E-state index in [0.717, 1.165) is 48.8 Å². The van der Waals surface area contributed by atoms with Crippen LogP contribution in [0.4, 0.5) is 11.6 Å². The van der Waals surface area contributed by atoms with E-state index in [-0.39, 0.29) is 11.8 Å². The number of aryl methyl sites for hydroxylation is 3. The fourth-order valence-corrected chi connectivity index (χ4v) is 3.12. The van der Waals surface area contributed by atoms with Gasteiger partial charge in [-0.15, -0.1) is 0 Å². The summed E-state index contributed by atoms with van der Waals surface area (Å²) in [4.78, 5) is 23.5. The summed E-state index contributed by atoms with van der Waals surface area (Å²) in [5, 5.41) is 3.08. The van der Waals surface area contributed by atoms with Crippen LogP contribution in [0.3, 0.4) is 0 Å². The number of nitrogens with one attached hydrogen (secondary N) is 1.